The lowest BCUT2D eigenvalue weighted by Crippen LogP contribution is -2.49. The van der Waals surface area contributed by atoms with E-state index in [0.29, 0.717) is 12.1 Å². The number of aliphatic hydroxyl groups is 1. The quantitative estimate of drug-likeness (QED) is 0.799. The largest absolute Gasteiger partial charge is 0.394 e. The molecule has 1 aromatic rings. The molecule has 2 heterocycles. The summed E-state index contributed by atoms with van der Waals surface area (Å²) in [5, 5.41) is 16.5. The van der Waals surface area contributed by atoms with Crippen LogP contribution in [0, 0.1) is 0 Å². The Bertz CT molecular complexity index is 369. The molecule has 1 saturated heterocycles. The van der Waals surface area contributed by atoms with E-state index in [1.54, 1.807) is 4.68 Å². The maximum absolute atomic E-state index is 8.86. The first-order valence-electron chi connectivity index (χ1n) is 6.69. The molecule has 18 heavy (non-hydrogen) atoms. The van der Waals surface area contributed by atoms with E-state index < -0.39 is 0 Å². The molecule has 0 aliphatic carbocycles. The van der Waals surface area contributed by atoms with Crippen LogP contribution < -0.4 is 5.32 Å². The molecule has 5 heteroatoms. The summed E-state index contributed by atoms with van der Waals surface area (Å²) in [5.74, 6) is 0. The van der Waals surface area contributed by atoms with Gasteiger partial charge in [0.25, 0.3) is 0 Å². The van der Waals surface area contributed by atoms with E-state index in [1.165, 1.54) is 18.4 Å². The third-order valence-electron chi connectivity index (χ3n) is 3.99. The highest BCUT2D eigenvalue weighted by molar-refractivity contribution is 5.04. The summed E-state index contributed by atoms with van der Waals surface area (Å²) >= 11 is 0. The molecule has 1 fully saturated rings. The molecule has 2 rings (SSSR count). The zero-order chi connectivity index (χ0) is 13.0. The highest BCUT2D eigenvalue weighted by Crippen LogP contribution is 2.22. The van der Waals surface area contributed by atoms with Gasteiger partial charge in [-0.2, -0.15) is 5.10 Å². The number of hydrogen-bond acceptors (Lipinski definition) is 4. The van der Waals surface area contributed by atoms with Crippen LogP contribution in [0.4, 0.5) is 0 Å². The van der Waals surface area contributed by atoms with E-state index in [1.807, 2.05) is 12.4 Å². The molecule has 0 radical (unpaired) electrons. The second-order valence-corrected chi connectivity index (χ2v) is 5.42. The Morgan fingerprint density at radius 2 is 2.17 bits per heavy atom. The van der Waals surface area contributed by atoms with Gasteiger partial charge in [0.2, 0.25) is 0 Å². The predicted molar refractivity (Wildman–Crippen MR) is 71.3 cm³/mol. The van der Waals surface area contributed by atoms with E-state index in [9.17, 15) is 0 Å². The summed E-state index contributed by atoms with van der Waals surface area (Å²) in [4.78, 5) is 2.47. The molecule has 1 aromatic heterocycles. The van der Waals surface area contributed by atoms with E-state index in [2.05, 4.69) is 29.3 Å². The summed E-state index contributed by atoms with van der Waals surface area (Å²) < 4.78 is 1.80. The Morgan fingerprint density at radius 3 is 2.78 bits per heavy atom. The SMILES string of the molecule is CNC1(C)CCN(Cc2cnn(CCO)c2)CC1. The average molecular weight is 252 g/mol. The standard InChI is InChI=1S/C13H24N4O/c1-13(14-2)3-5-16(6-4-13)10-12-9-15-17(11-12)7-8-18/h9,11,14,18H,3-8,10H2,1-2H3. The maximum Gasteiger partial charge on any atom is 0.0640 e. The topological polar surface area (TPSA) is 53.3 Å². The number of nitrogens with one attached hydrogen (secondary N) is 1. The fourth-order valence-electron chi connectivity index (χ4n) is 2.43. The first-order valence-corrected chi connectivity index (χ1v) is 6.69. The molecular formula is C13H24N4O. The first kappa shape index (κ1) is 13.5. The van der Waals surface area contributed by atoms with Crippen LogP contribution in [0.1, 0.15) is 25.3 Å². The third-order valence-corrected chi connectivity index (χ3v) is 3.99. The molecule has 102 valence electrons. The van der Waals surface area contributed by atoms with Gasteiger partial charge in [-0.1, -0.05) is 0 Å². The van der Waals surface area contributed by atoms with Gasteiger partial charge in [0.05, 0.1) is 19.3 Å². The molecule has 0 saturated carbocycles. The Balaban J connectivity index is 1.83. The summed E-state index contributed by atoms with van der Waals surface area (Å²) in [6.45, 7) is 6.24. The Labute approximate surface area is 109 Å². The van der Waals surface area contributed by atoms with Gasteiger partial charge in [-0.05, 0) is 26.8 Å². The lowest BCUT2D eigenvalue weighted by atomic mass is 9.90. The van der Waals surface area contributed by atoms with Crippen LogP contribution in [0.5, 0.6) is 0 Å². The summed E-state index contributed by atoms with van der Waals surface area (Å²) in [7, 11) is 2.05. The van der Waals surface area contributed by atoms with Crippen molar-refractivity contribution in [2.24, 2.45) is 0 Å². The van der Waals surface area contributed by atoms with Crippen LogP contribution in [0.3, 0.4) is 0 Å². The van der Waals surface area contributed by atoms with Gasteiger partial charge in [-0.15, -0.1) is 0 Å². The van der Waals surface area contributed by atoms with Gasteiger partial charge in [0, 0.05) is 36.9 Å². The summed E-state index contributed by atoms with van der Waals surface area (Å²) in [6, 6.07) is 0. The van der Waals surface area contributed by atoms with Crippen molar-refractivity contribution in [2.45, 2.75) is 38.4 Å². The van der Waals surface area contributed by atoms with Crippen molar-refractivity contribution in [1.29, 1.82) is 0 Å². The first-order chi connectivity index (χ1) is 8.65. The third kappa shape index (κ3) is 3.31. The van der Waals surface area contributed by atoms with Crippen LogP contribution >= 0.6 is 0 Å². The van der Waals surface area contributed by atoms with Gasteiger partial charge in [-0.3, -0.25) is 9.58 Å². The molecule has 0 aromatic carbocycles. The van der Waals surface area contributed by atoms with Gasteiger partial charge in [-0.25, -0.2) is 0 Å². The van der Waals surface area contributed by atoms with E-state index in [0.717, 1.165) is 19.6 Å². The number of hydrogen-bond donors (Lipinski definition) is 2. The highest BCUT2D eigenvalue weighted by Gasteiger charge is 2.28. The van der Waals surface area contributed by atoms with Gasteiger partial charge in [0.15, 0.2) is 0 Å². The van der Waals surface area contributed by atoms with Crippen molar-refractivity contribution in [3.05, 3.63) is 18.0 Å². The van der Waals surface area contributed by atoms with E-state index >= 15 is 0 Å². The number of piperidine rings is 1. The fourth-order valence-corrected chi connectivity index (χ4v) is 2.43. The molecule has 0 bridgehead atoms. The van der Waals surface area contributed by atoms with Crippen molar-refractivity contribution < 1.29 is 5.11 Å². The zero-order valence-electron chi connectivity index (χ0n) is 11.4. The molecule has 0 spiro atoms. The molecule has 1 aliphatic rings. The summed E-state index contributed by atoms with van der Waals surface area (Å²) in [5.41, 5.74) is 1.54. The number of aromatic nitrogens is 2. The van der Waals surface area contributed by atoms with Gasteiger partial charge < -0.3 is 10.4 Å². The number of aliphatic hydroxyl groups excluding tert-OH is 1. The van der Waals surface area contributed by atoms with Crippen molar-refractivity contribution in [1.82, 2.24) is 20.0 Å². The monoisotopic (exact) mass is 252 g/mol. The second-order valence-electron chi connectivity index (χ2n) is 5.42. The van der Waals surface area contributed by atoms with E-state index in [4.69, 9.17) is 5.11 Å². The molecular weight excluding hydrogens is 228 g/mol. The smallest absolute Gasteiger partial charge is 0.0640 e. The Hall–Kier alpha value is -0.910. The average Bonchev–Trinajstić information content (AvgIpc) is 2.81. The highest BCUT2D eigenvalue weighted by atomic mass is 16.3. The predicted octanol–water partition coefficient (Wildman–Crippen LogP) is 0.449. The van der Waals surface area contributed by atoms with Crippen LogP contribution in [-0.4, -0.2) is 52.1 Å². The normalized spacial score (nSPS) is 20.2. The molecule has 0 amide bonds. The molecule has 5 nitrogen and oxygen atoms in total. The minimum Gasteiger partial charge on any atom is -0.394 e. The molecule has 2 N–H and O–H groups in total. The second kappa shape index (κ2) is 5.82. The number of nitrogens with zero attached hydrogens (tertiary/aromatic N) is 3. The van der Waals surface area contributed by atoms with Crippen LogP contribution in [-0.2, 0) is 13.1 Å². The molecule has 0 unspecified atom stereocenters. The van der Waals surface area contributed by atoms with Crippen molar-refractivity contribution in [3.8, 4) is 0 Å². The van der Waals surface area contributed by atoms with E-state index in [-0.39, 0.29) is 6.61 Å². The van der Waals surface area contributed by atoms with Crippen LogP contribution in [0.2, 0.25) is 0 Å². The van der Waals surface area contributed by atoms with Crippen LogP contribution in [0.15, 0.2) is 12.4 Å². The van der Waals surface area contributed by atoms with Crippen molar-refractivity contribution in [2.75, 3.05) is 26.7 Å². The lowest BCUT2D eigenvalue weighted by molar-refractivity contribution is 0.146. The zero-order valence-corrected chi connectivity index (χ0v) is 11.4. The minimum absolute atomic E-state index is 0.144. The number of likely N-dealkylation sites (tertiary alicyclic amines) is 1. The van der Waals surface area contributed by atoms with Gasteiger partial charge in [0.1, 0.15) is 0 Å². The molecule has 0 atom stereocenters. The Kier molecular flexibility index (Phi) is 4.37. The maximum atomic E-state index is 8.86. The number of rotatable bonds is 5. The molecule has 1 aliphatic heterocycles. The Morgan fingerprint density at radius 1 is 1.44 bits per heavy atom. The summed E-state index contributed by atoms with van der Waals surface area (Å²) in [6.07, 6.45) is 6.31. The minimum atomic E-state index is 0.144. The fraction of sp³-hybridized carbons (Fsp3) is 0.769. The van der Waals surface area contributed by atoms with Crippen molar-refractivity contribution >= 4 is 0 Å². The lowest BCUT2D eigenvalue weighted by Gasteiger charge is -2.39. The van der Waals surface area contributed by atoms with Crippen LogP contribution in [0.25, 0.3) is 0 Å². The van der Waals surface area contributed by atoms with Crippen molar-refractivity contribution in [3.63, 3.8) is 0 Å². The van der Waals surface area contributed by atoms with Gasteiger partial charge >= 0.3 is 0 Å².